The molecular weight excluding hydrogens is 282 g/mol. The molecule has 3 heteroatoms. The first kappa shape index (κ1) is 14.2. The first-order chi connectivity index (χ1) is 9.88. The summed E-state index contributed by atoms with van der Waals surface area (Å²) in [7, 11) is 0. The Balaban J connectivity index is 1.90. The van der Waals surface area contributed by atoms with Crippen LogP contribution in [0.1, 0.15) is 40.3 Å². The van der Waals surface area contributed by atoms with Crippen molar-refractivity contribution >= 4 is 23.1 Å². The minimum absolute atomic E-state index is 0.358. The Morgan fingerprint density at radius 3 is 2.85 bits per heavy atom. The van der Waals surface area contributed by atoms with Gasteiger partial charge in [-0.25, -0.2) is 0 Å². The summed E-state index contributed by atoms with van der Waals surface area (Å²) < 4.78 is 0. The largest absolute Gasteiger partial charge is 0.306 e. The van der Waals surface area contributed by atoms with Gasteiger partial charge in [-0.05, 0) is 42.3 Å². The molecule has 1 aliphatic heterocycles. The minimum atomic E-state index is 0.358. The summed E-state index contributed by atoms with van der Waals surface area (Å²) in [6.45, 7) is 3.29. The Morgan fingerprint density at radius 2 is 2.10 bits per heavy atom. The normalized spacial score (nSPS) is 15.8. The molecular formula is C17H21NS2. The van der Waals surface area contributed by atoms with Crippen LogP contribution in [0.25, 0.3) is 0 Å². The second-order valence-electron chi connectivity index (χ2n) is 5.20. The van der Waals surface area contributed by atoms with Gasteiger partial charge in [0.05, 0.1) is 6.04 Å². The van der Waals surface area contributed by atoms with Gasteiger partial charge in [0, 0.05) is 15.5 Å². The zero-order valence-electron chi connectivity index (χ0n) is 11.9. The van der Waals surface area contributed by atoms with Gasteiger partial charge in [0.1, 0.15) is 0 Å². The highest BCUT2D eigenvalue weighted by atomic mass is 32.2. The standard InChI is InChI=1S/C17H21NS2/c1-2-9-18-17(13-6-4-3-5-7-13)16-11-14-12-19-10-8-15(14)20-16/h3-7,11,17-18H,2,8-10,12H2,1H3. The molecule has 0 saturated carbocycles. The molecule has 106 valence electrons. The van der Waals surface area contributed by atoms with Gasteiger partial charge < -0.3 is 5.32 Å². The molecule has 1 N–H and O–H groups in total. The maximum absolute atomic E-state index is 3.71. The third-order valence-corrected chi connectivity index (χ3v) is 5.97. The fraction of sp³-hybridized carbons (Fsp3) is 0.412. The fourth-order valence-corrected chi connectivity index (χ4v) is 5.11. The molecule has 2 heterocycles. The number of hydrogen-bond acceptors (Lipinski definition) is 3. The summed E-state index contributed by atoms with van der Waals surface area (Å²) in [5, 5.41) is 3.71. The van der Waals surface area contributed by atoms with Gasteiger partial charge >= 0.3 is 0 Å². The number of hydrogen-bond donors (Lipinski definition) is 1. The first-order valence-corrected chi connectivity index (χ1v) is 9.33. The van der Waals surface area contributed by atoms with E-state index < -0.39 is 0 Å². The SMILES string of the molecule is CCCNC(c1ccccc1)c1cc2c(s1)CCSC2. The Bertz CT molecular complexity index is 524. The van der Waals surface area contributed by atoms with Gasteiger partial charge in [-0.2, -0.15) is 11.8 Å². The van der Waals surface area contributed by atoms with Crippen LogP contribution in [-0.2, 0) is 12.2 Å². The molecule has 0 saturated heterocycles. The monoisotopic (exact) mass is 303 g/mol. The number of thioether (sulfide) groups is 1. The molecule has 1 aliphatic rings. The zero-order valence-corrected chi connectivity index (χ0v) is 13.5. The van der Waals surface area contributed by atoms with Crippen LogP contribution in [0.4, 0.5) is 0 Å². The van der Waals surface area contributed by atoms with E-state index in [1.807, 2.05) is 11.3 Å². The van der Waals surface area contributed by atoms with E-state index in [1.54, 1.807) is 10.4 Å². The zero-order chi connectivity index (χ0) is 13.8. The molecule has 0 spiro atoms. The number of thiophene rings is 1. The predicted octanol–water partition coefficient (Wildman–Crippen LogP) is 4.63. The number of fused-ring (bicyclic) bond motifs is 1. The highest BCUT2D eigenvalue weighted by Crippen LogP contribution is 2.36. The highest BCUT2D eigenvalue weighted by Gasteiger charge is 2.20. The lowest BCUT2D eigenvalue weighted by Crippen LogP contribution is -2.22. The number of benzene rings is 1. The Hall–Kier alpha value is -0.770. The van der Waals surface area contributed by atoms with Gasteiger partial charge in [0.25, 0.3) is 0 Å². The molecule has 2 aromatic rings. The lowest BCUT2D eigenvalue weighted by atomic mass is 10.0. The van der Waals surface area contributed by atoms with Crippen LogP contribution < -0.4 is 5.32 Å². The van der Waals surface area contributed by atoms with Gasteiger partial charge in [-0.3, -0.25) is 0 Å². The van der Waals surface area contributed by atoms with Crippen molar-refractivity contribution in [1.29, 1.82) is 0 Å². The summed E-state index contributed by atoms with van der Waals surface area (Å²) >= 11 is 4.08. The molecule has 1 aromatic carbocycles. The molecule has 20 heavy (non-hydrogen) atoms. The van der Waals surface area contributed by atoms with E-state index in [0.717, 1.165) is 6.54 Å². The van der Waals surface area contributed by atoms with Crippen molar-refractivity contribution in [3.8, 4) is 0 Å². The van der Waals surface area contributed by atoms with Gasteiger partial charge in [0.2, 0.25) is 0 Å². The van der Waals surface area contributed by atoms with Crippen LogP contribution in [0.2, 0.25) is 0 Å². The van der Waals surface area contributed by atoms with E-state index in [-0.39, 0.29) is 0 Å². The van der Waals surface area contributed by atoms with E-state index in [1.165, 1.54) is 34.8 Å². The van der Waals surface area contributed by atoms with Crippen LogP contribution in [0.5, 0.6) is 0 Å². The van der Waals surface area contributed by atoms with Crippen molar-refractivity contribution in [2.45, 2.75) is 31.6 Å². The average molecular weight is 303 g/mol. The molecule has 0 amide bonds. The first-order valence-electron chi connectivity index (χ1n) is 7.36. The second kappa shape index (κ2) is 6.79. The van der Waals surface area contributed by atoms with E-state index >= 15 is 0 Å². The van der Waals surface area contributed by atoms with Crippen LogP contribution in [0.15, 0.2) is 36.4 Å². The molecule has 1 nitrogen and oxygen atoms in total. The van der Waals surface area contributed by atoms with Gasteiger partial charge in [-0.15, -0.1) is 11.3 Å². The number of nitrogens with one attached hydrogen (secondary N) is 1. The molecule has 0 fully saturated rings. The minimum Gasteiger partial charge on any atom is -0.306 e. The topological polar surface area (TPSA) is 12.0 Å². The summed E-state index contributed by atoms with van der Waals surface area (Å²) in [4.78, 5) is 3.09. The van der Waals surface area contributed by atoms with E-state index in [0.29, 0.717) is 6.04 Å². The fourth-order valence-electron chi connectivity index (χ4n) is 2.63. The summed E-state index contributed by atoms with van der Waals surface area (Å²) in [6, 6.07) is 13.6. The maximum atomic E-state index is 3.71. The third-order valence-electron chi connectivity index (χ3n) is 3.66. The molecule has 0 radical (unpaired) electrons. The molecule has 3 rings (SSSR count). The summed E-state index contributed by atoms with van der Waals surface area (Å²) in [6.07, 6.45) is 2.42. The number of rotatable bonds is 5. The van der Waals surface area contributed by atoms with E-state index in [2.05, 4.69) is 60.4 Å². The summed E-state index contributed by atoms with van der Waals surface area (Å²) in [5.74, 6) is 2.48. The van der Waals surface area contributed by atoms with E-state index in [9.17, 15) is 0 Å². The van der Waals surface area contributed by atoms with Crippen molar-refractivity contribution in [2.75, 3.05) is 12.3 Å². The second-order valence-corrected chi connectivity index (χ2v) is 7.47. The van der Waals surface area contributed by atoms with Gasteiger partial charge in [-0.1, -0.05) is 37.3 Å². The molecule has 0 aliphatic carbocycles. The Kier molecular flexibility index (Phi) is 4.81. The molecule has 0 bridgehead atoms. The van der Waals surface area contributed by atoms with Crippen molar-refractivity contribution in [3.05, 3.63) is 57.3 Å². The lowest BCUT2D eigenvalue weighted by molar-refractivity contribution is 0.606. The molecule has 1 atom stereocenters. The maximum Gasteiger partial charge on any atom is 0.0671 e. The van der Waals surface area contributed by atoms with Crippen molar-refractivity contribution in [3.63, 3.8) is 0 Å². The van der Waals surface area contributed by atoms with Crippen LogP contribution in [0, 0.1) is 0 Å². The van der Waals surface area contributed by atoms with Gasteiger partial charge in [0.15, 0.2) is 0 Å². The quantitative estimate of drug-likeness (QED) is 0.864. The molecule has 1 aromatic heterocycles. The average Bonchev–Trinajstić information content (AvgIpc) is 2.92. The van der Waals surface area contributed by atoms with Crippen molar-refractivity contribution < 1.29 is 0 Å². The third kappa shape index (κ3) is 3.11. The number of aryl methyl sites for hydroxylation is 1. The predicted molar refractivity (Wildman–Crippen MR) is 90.8 cm³/mol. The Labute approximate surface area is 129 Å². The van der Waals surface area contributed by atoms with Crippen LogP contribution in [0.3, 0.4) is 0 Å². The summed E-state index contributed by atoms with van der Waals surface area (Å²) in [5.41, 5.74) is 2.95. The van der Waals surface area contributed by atoms with E-state index in [4.69, 9.17) is 0 Å². The highest BCUT2D eigenvalue weighted by molar-refractivity contribution is 7.98. The van der Waals surface area contributed by atoms with Crippen LogP contribution in [-0.4, -0.2) is 12.3 Å². The molecule has 1 unspecified atom stereocenters. The van der Waals surface area contributed by atoms with Crippen molar-refractivity contribution in [1.82, 2.24) is 5.32 Å². The van der Waals surface area contributed by atoms with Crippen molar-refractivity contribution in [2.24, 2.45) is 0 Å². The smallest absolute Gasteiger partial charge is 0.0671 e. The Morgan fingerprint density at radius 1 is 1.25 bits per heavy atom. The lowest BCUT2D eigenvalue weighted by Gasteiger charge is -2.17. The van der Waals surface area contributed by atoms with Crippen LogP contribution >= 0.6 is 23.1 Å².